The Morgan fingerprint density at radius 3 is 2.84 bits per heavy atom. The van der Waals surface area contributed by atoms with Gasteiger partial charge in [0.2, 0.25) is 0 Å². The van der Waals surface area contributed by atoms with Gasteiger partial charge in [-0.15, -0.1) is 0 Å². The topological polar surface area (TPSA) is 56.2 Å². The van der Waals surface area contributed by atoms with Gasteiger partial charge in [-0.3, -0.25) is 4.79 Å². The van der Waals surface area contributed by atoms with Crippen molar-refractivity contribution in [3.63, 3.8) is 0 Å². The number of rotatable bonds is 8. The van der Waals surface area contributed by atoms with Gasteiger partial charge in [0.05, 0.1) is 7.11 Å². The first-order valence-electron chi connectivity index (χ1n) is 6.90. The summed E-state index contributed by atoms with van der Waals surface area (Å²) in [5, 5.41) is 3.22. The van der Waals surface area contributed by atoms with Crippen LogP contribution in [0.15, 0.2) is 12.4 Å². The molecule has 19 heavy (non-hydrogen) atoms. The van der Waals surface area contributed by atoms with Crippen LogP contribution in [0.4, 0.5) is 0 Å². The first kappa shape index (κ1) is 15.7. The number of esters is 1. The molecular formula is C14H25N3O2. The lowest BCUT2D eigenvalue weighted by Gasteiger charge is -2.27. The van der Waals surface area contributed by atoms with E-state index in [4.69, 9.17) is 4.74 Å². The standard InChI is InChI=1S/C14H25N3O2/c1-5-12-15-9-11-17(12)10-7-8-14(3,16-6-2)13(18)19-4/h9,11,16H,5-8,10H2,1-4H3. The summed E-state index contributed by atoms with van der Waals surface area (Å²) in [4.78, 5) is 16.1. The molecule has 1 aromatic heterocycles. The minimum Gasteiger partial charge on any atom is -0.468 e. The number of methoxy groups -OCH3 is 1. The summed E-state index contributed by atoms with van der Waals surface area (Å²) in [6, 6.07) is 0. The summed E-state index contributed by atoms with van der Waals surface area (Å²) in [6.45, 7) is 7.61. The van der Waals surface area contributed by atoms with E-state index in [1.165, 1.54) is 7.11 Å². The maximum atomic E-state index is 11.8. The average molecular weight is 267 g/mol. The smallest absolute Gasteiger partial charge is 0.325 e. The van der Waals surface area contributed by atoms with Gasteiger partial charge in [-0.2, -0.15) is 0 Å². The first-order valence-corrected chi connectivity index (χ1v) is 6.90. The van der Waals surface area contributed by atoms with Gasteiger partial charge in [0.15, 0.2) is 0 Å². The van der Waals surface area contributed by atoms with Crippen LogP contribution in [0.25, 0.3) is 0 Å². The third kappa shape index (κ3) is 4.06. The molecule has 1 rings (SSSR count). The number of carbonyl (C=O) groups is 1. The fourth-order valence-electron chi connectivity index (χ4n) is 2.34. The molecule has 1 heterocycles. The van der Waals surface area contributed by atoms with E-state index in [9.17, 15) is 4.79 Å². The Bertz CT molecular complexity index is 403. The second-order valence-corrected chi connectivity index (χ2v) is 4.85. The van der Waals surface area contributed by atoms with Crippen molar-refractivity contribution in [1.82, 2.24) is 14.9 Å². The van der Waals surface area contributed by atoms with Crippen LogP contribution in [0, 0.1) is 0 Å². The van der Waals surface area contributed by atoms with Crippen LogP contribution in [-0.2, 0) is 22.5 Å². The molecule has 0 aliphatic heterocycles. The highest BCUT2D eigenvalue weighted by molar-refractivity contribution is 5.80. The number of likely N-dealkylation sites (N-methyl/N-ethyl adjacent to an activating group) is 1. The lowest BCUT2D eigenvalue weighted by molar-refractivity contribution is -0.148. The van der Waals surface area contributed by atoms with Crippen molar-refractivity contribution < 1.29 is 9.53 Å². The molecule has 0 radical (unpaired) electrons. The monoisotopic (exact) mass is 267 g/mol. The number of carbonyl (C=O) groups excluding carboxylic acids is 1. The quantitative estimate of drug-likeness (QED) is 0.729. The average Bonchev–Trinajstić information content (AvgIpc) is 2.85. The van der Waals surface area contributed by atoms with E-state index < -0.39 is 5.54 Å². The highest BCUT2D eigenvalue weighted by atomic mass is 16.5. The molecule has 0 aliphatic rings. The highest BCUT2D eigenvalue weighted by Crippen LogP contribution is 2.15. The summed E-state index contributed by atoms with van der Waals surface area (Å²) in [5.74, 6) is 0.888. The number of nitrogens with zero attached hydrogens (tertiary/aromatic N) is 2. The number of hydrogen-bond acceptors (Lipinski definition) is 4. The summed E-state index contributed by atoms with van der Waals surface area (Å²) < 4.78 is 7.02. The Morgan fingerprint density at radius 1 is 1.53 bits per heavy atom. The number of hydrogen-bond donors (Lipinski definition) is 1. The lowest BCUT2D eigenvalue weighted by atomic mass is 9.95. The number of nitrogens with one attached hydrogen (secondary N) is 1. The molecule has 0 aliphatic carbocycles. The van der Waals surface area contributed by atoms with Gasteiger partial charge < -0.3 is 14.6 Å². The van der Waals surface area contributed by atoms with Gasteiger partial charge >= 0.3 is 5.97 Å². The fourth-order valence-corrected chi connectivity index (χ4v) is 2.34. The van der Waals surface area contributed by atoms with E-state index in [0.29, 0.717) is 0 Å². The zero-order valence-electron chi connectivity index (χ0n) is 12.4. The van der Waals surface area contributed by atoms with E-state index in [-0.39, 0.29) is 5.97 Å². The van der Waals surface area contributed by atoms with Gasteiger partial charge in [-0.05, 0) is 26.3 Å². The van der Waals surface area contributed by atoms with Crippen LogP contribution < -0.4 is 5.32 Å². The van der Waals surface area contributed by atoms with Crippen molar-refractivity contribution in [2.45, 2.75) is 52.1 Å². The van der Waals surface area contributed by atoms with Gasteiger partial charge in [0.25, 0.3) is 0 Å². The minimum absolute atomic E-state index is 0.198. The first-order chi connectivity index (χ1) is 9.07. The second kappa shape index (κ2) is 7.28. The maximum absolute atomic E-state index is 11.8. The van der Waals surface area contributed by atoms with Crippen LogP contribution in [0.3, 0.4) is 0 Å². The fraction of sp³-hybridized carbons (Fsp3) is 0.714. The summed E-state index contributed by atoms with van der Waals surface area (Å²) in [5.41, 5.74) is -0.601. The van der Waals surface area contributed by atoms with Crippen molar-refractivity contribution >= 4 is 5.97 Å². The van der Waals surface area contributed by atoms with Crippen molar-refractivity contribution in [2.75, 3.05) is 13.7 Å². The molecule has 0 saturated carbocycles. The van der Waals surface area contributed by atoms with Crippen molar-refractivity contribution in [3.05, 3.63) is 18.2 Å². The Hall–Kier alpha value is -1.36. The molecule has 1 N–H and O–H groups in total. The Labute approximate surface area is 115 Å². The van der Waals surface area contributed by atoms with Crippen LogP contribution in [0.1, 0.15) is 39.4 Å². The molecule has 0 aromatic carbocycles. The van der Waals surface area contributed by atoms with E-state index in [1.54, 1.807) is 0 Å². The molecule has 1 unspecified atom stereocenters. The van der Waals surface area contributed by atoms with E-state index >= 15 is 0 Å². The molecule has 1 atom stereocenters. The minimum atomic E-state index is -0.601. The number of aromatic nitrogens is 2. The normalized spacial score (nSPS) is 14.1. The number of ether oxygens (including phenoxy) is 1. The Morgan fingerprint density at radius 2 is 2.26 bits per heavy atom. The maximum Gasteiger partial charge on any atom is 0.325 e. The molecule has 0 fully saturated rings. The summed E-state index contributed by atoms with van der Waals surface area (Å²) in [6.07, 6.45) is 6.38. The molecule has 5 nitrogen and oxygen atoms in total. The molecule has 108 valence electrons. The van der Waals surface area contributed by atoms with E-state index in [0.717, 1.165) is 38.2 Å². The summed E-state index contributed by atoms with van der Waals surface area (Å²) in [7, 11) is 1.43. The van der Waals surface area contributed by atoms with Gasteiger partial charge in [-0.25, -0.2) is 4.98 Å². The van der Waals surface area contributed by atoms with Crippen molar-refractivity contribution in [3.8, 4) is 0 Å². The number of imidazole rings is 1. The number of aryl methyl sites for hydroxylation is 2. The Kier molecular flexibility index (Phi) is 6.02. The van der Waals surface area contributed by atoms with Gasteiger partial charge in [0, 0.05) is 25.4 Å². The predicted octanol–water partition coefficient (Wildman–Crippen LogP) is 1.77. The van der Waals surface area contributed by atoms with Crippen LogP contribution >= 0.6 is 0 Å². The lowest BCUT2D eigenvalue weighted by Crippen LogP contribution is -2.50. The third-order valence-corrected chi connectivity index (χ3v) is 3.40. The van der Waals surface area contributed by atoms with E-state index in [2.05, 4.69) is 21.8 Å². The zero-order valence-corrected chi connectivity index (χ0v) is 12.4. The highest BCUT2D eigenvalue weighted by Gasteiger charge is 2.32. The summed E-state index contributed by atoms with van der Waals surface area (Å²) >= 11 is 0. The predicted molar refractivity (Wildman–Crippen MR) is 74.9 cm³/mol. The Balaban J connectivity index is 2.55. The van der Waals surface area contributed by atoms with Crippen LogP contribution in [0.5, 0.6) is 0 Å². The molecular weight excluding hydrogens is 242 g/mol. The van der Waals surface area contributed by atoms with Crippen molar-refractivity contribution in [2.24, 2.45) is 0 Å². The molecule has 0 amide bonds. The molecule has 0 bridgehead atoms. The second-order valence-electron chi connectivity index (χ2n) is 4.85. The molecule has 1 aromatic rings. The SMILES string of the molecule is CCNC(C)(CCCn1ccnc1CC)C(=O)OC. The van der Waals surface area contributed by atoms with Crippen LogP contribution in [0.2, 0.25) is 0 Å². The molecule has 0 spiro atoms. The van der Waals surface area contributed by atoms with E-state index in [1.807, 2.05) is 26.2 Å². The third-order valence-electron chi connectivity index (χ3n) is 3.40. The van der Waals surface area contributed by atoms with Gasteiger partial charge in [-0.1, -0.05) is 13.8 Å². The van der Waals surface area contributed by atoms with Crippen LogP contribution in [-0.4, -0.2) is 34.7 Å². The van der Waals surface area contributed by atoms with Crippen molar-refractivity contribution in [1.29, 1.82) is 0 Å². The largest absolute Gasteiger partial charge is 0.468 e. The zero-order chi connectivity index (χ0) is 14.3. The molecule has 5 heteroatoms. The molecule has 0 saturated heterocycles. The van der Waals surface area contributed by atoms with Gasteiger partial charge in [0.1, 0.15) is 11.4 Å².